The van der Waals surface area contributed by atoms with Crippen LogP contribution in [0.25, 0.3) is 0 Å². The second kappa shape index (κ2) is 4.83. The molecular formula is C12H15ClFNO. The summed E-state index contributed by atoms with van der Waals surface area (Å²) < 4.78 is 12.9. The number of rotatable bonds is 3. The molecule has 1 aromatic carbocycles. The number of hydrogen-bond acceptors (Lipinski definition) is 1. The highest BCUT2D eigenvalue weighted by Gasteiger charge is 2.26. The molecule has 0 aliphatic heterocycles. The Kier molecular flexibility index (Phi) is 3.92. The van der Waals surface area contributed by atoms with Crippen LogP contribution in [0.5, 0.6) is 0 Å². The second-order valence-corrected chi connectivity index (χ2v) is 4.80. The number of carbonyl (C=O) groups excluding carboxylic acids is 1. The van der Waals surface area contributed by atoms with Gasteiger partial charge in [-0.05, 0) is 24.1 Å². The smallest absolute Gasteiger partial charge is 0.225 e. The van der Waals surface area contributed by atoms with Crippen LogP contribution in [0.3, 0.4) is 0 Å². The van der Waals surface area contributed by atoms with Crippen molar-refractivity contribution in [3.8, 4) is 0 Å². The molecule has 2 nitrogen and oxygen atoms in total. The van der Waals surface area contributed by atoms with E-state index >= 15 is 0 Å². The lowest BCUT2D eigenvalue weighted by Crippen LogP contribution is -2.36. The fraction of sp³-hybridized carbons (Fsp3) is 0.417. The van der Waals surface area contributed by atoms with Crippen LogP contribution < -0.4 is 5.32 Å². The number of hydrogen-bond donors (Lipinski definition) is 1. The molecule has 0 unspecified atom stereocenters. The van der Waals surface area contributed by atoms with E-state index in [9.17, 15) is 9.18 Å². The summed E-state index contributed by atoms with van der Waals surface area (Å²) in [6, 6.07) is 4.52. The Bertz CT molecular complexity index is 404. The van der Waals surface area contributed by atoms with E-state index in [0.717, 1.165) is 5.56 Å². The van der Waals surface area contributed by atoms with Gasteiger partial charge in [0.05, 0.1) is 5.02 Å². The van der Waals surface area contributed by atoms with E-state index in [1.165, 1.54) is 6.07 Å². The van der Waals surface area contributed by atoms with Gasteiger partial charge in [-0.15, -0.1) is 0 Å². The van der Waals surface area contributed by atoms with E-state index in [2.05, 4.69) is 5.32 Å². The Hall–Kier alpha value is -1.09. The third-order valence-corrected chi connectivity index (χ3v) is 2.76. The molecule has 0 heterocycles. The lowest BCUT2D eigenvalue weighted by Gasteiger charge is -2.22. The summed E-state index contributed by atoms with van der Waals surface area (Å²) >= 11 is 5.68. The van der Waals surface area contributed by atoms with Gasteiger partial charge in [-0.1, -0.05) is 31.5 Å². The van der Waals surface area contributed by atoms with Crippen LogP contribution in [0.4, 0.5) is 4.39 Å². The number of halogens is 2. The van der Waals surface area contributed by atoms with Crippen molar-refractivity contribution >= 4 is 17.5 Å². The van der Waals surface area contributed by atoms with Crippen LogP contribution in [0.1, 0.15) is 19.4 Å². The summed E-state index contributed by atoms with van der Waals surface area (Å²) in [6.45, 7) is 3.67. The van der Waals surface area contributed by atoms with Crippen molar-refractivity contribution in [3.05, 3.63) is 34.6 Å². The molecule has 88 valence electrons. The van der Waals surface area contributed by atoms with Gasteiger partial charge in [-0.25, -0.2) is 4.39 Å². The number of nitrogens with one attached hydrogen (secondary N) is 1. The maximum absolute atomic E-state index is 12.9. The zero-order valence-electron chi connectivity index (χ0n) is 9.60. The normalized spacial score (nSPS) is 11.3. The molecule has 1 amide bonds. The largest absolute Gasteiger partial charge is 0.359 e. The number of benzene rings is 1. The minimum Gasteiger partial charge on any atom is -0.359 e. The van der Waals surface area contributed by atoms with Crippen molar-refractivity contribution in [1.29, 1.82) is 0 Å². The molecule has 0 spiro atoms. The van der Waals surface area contributed by atoms with E-state index in [1.807, 2.05) is 13.8 Å². The Morgan fingerprint density at radius 2 is 2.12 bits per heavy atom. The summed E-state index contributed by atoms with van der Waals surface area (Å²) in [5, 5.41) is 2.69. The molecule has 1 aromatic rings. The lowest BCUT2D eigenvalue weighted by molar-refractivity contribution is -0.128. The maximum Gasteiger partial charge on any atom is 0.225 e. The SMILES string of the molecule is CNC(=O)C(C)(C)Cc1ccc(F)c(Cl)c1. The summed E-state index contributed by atoms with van der Waals surface area (Å²) in [5.74, 6) is -0.490. The minimum absolute atomic E-state index is 0.0482. The third kappa shape index (κ3) is 2.95. The zero-order valence-corrected chi connectivity index (χ0v) is 10.4. The fourth-order valence-electron chi connectivity index (χ4n) is 1.58. The first-order chi connectivity index (χ1) is 7.36. The molecule has 0 saturated heterocycles. The van der Waals surface area contributed by atoms with Gasteiger partial charge in [0.15, 0.2) is 0 Å². The van der Waals surface area contributed by atoms with Crippen LogP contribution in [0.2, 0.25) is 5.02 Å². The summed E-state index contributed by atoms with van der Waals surface area (Å²) in [7, 11) is 1.60. The van der Waals surface area contributed by atoms with E-state index in [1.54, 1.807) is 19.2 Å². The van der Waals surface area contributed by atoms with Crippen LogP contribution >= 0.6 is 11.6 Å². The number of carbonyl (C=O) groups is 1. The maximum atomic E-state index is 12.9. The Balaban J connectivity index is 2.88. The molecular weight excluding hydrogens is 229 g/mol. The fourth-order valence-corrected chi connectivity index (χ4v) is 1.78. The highest BCUT2D eigenvalue weighted by molar-refractivity contribution is 6.30. The molecule has 0 atom stereocenters. The van der Waals surface area contributed by atoms with Crippen LogP contribution in [0.15, 0.2) is 18.2 Å². The van der Waals surface area contributed by atoms with Crippen molar-refractivity contribution in [2.45, 2.75) is 20.3 Å². The first-order valence-electron chi connectivity index (χ1n) is 5.03. The lowest BCUT2D eigenvalue weighted by atomic mass is 9.85. The molecule has 0 aromatic heterocycles. The predicted octanol–water partition coefficient (Wildman–Crippen LogP) is 2.79. The highest BCUT2D eigenvalue weighted by Crippen LogP contribution is 2.24. The van der Waals surface area contributed by atoms with E-state index in [0.29, 0.717) is 6.42 Å². The van der Waals surface area contributed by atoms with Crippen molar-refractivity contribution in [2.24, 2.45) is 5.41 Å². The predicted molar refractivity (Wildman–Crippen MR) is 63.0 cm³/mol. The molecule has 0 aliphatic rings. The van der Waals surface area contributed by atoms with Gasteiger partial charge < -0.3 is 5.32 Å². The van der Waals surface area contributed by atoms with Gasteiger partial charge in [0, 0.05) is 12.5 Å². The monoisotopic (exact) mass is 243 g/mol. The first kappa shape index (κ1) is 13.0. The van der Waals surface area contributed by atoms with Crippen molar-refractivity contribution in [3.63, 3.8) is 0 Å². The van der Waals surface area contributed by atoms with Gasteiger partial charge in [-0.3, -0.25) is 4.79 Å². The quantitative estimate of drug-likeness (QED) is 0.869. The highest BCUT2D eigenvalue weighted by atomic mass is 35.5. The third-order valence-electron chi connectivity index (χ3n) is 2.47. The summed E-state index contributed by atoms with van der Waals surface area (Å²) in [6.07, 6.45) is 0.521. The second-order valence-electron chi connectivity index (χ2n) is 4.39. The molecule has 0 saturated carbocycles. The summed E-state index contributed by atoms with van der Waals surface area (Å²) in [4.78, 5) is 11.6. The van der Waals surface area contributed by atoms with Crippen molar-refractivity contribution in [2.75, 3.05) is 7.05 Å². The molecule has 1 rings (SSSR count). The topological polar surface area (TPSA) is 29.1 Å². The first-order valence-corrected chi connectivity index (χ1v) is 5.41. The van der Waals surface area contributed by atoms with E-state index in [4.69, 9.17) is 11.6 Å². The Labute approximate surface area is 99.8 Å². The van der Waals surface area contributed by atoms with Crippen molar-refractivity contribution < 1.29 is 9.18 Å². The Morgan fingerprint density at radius 3 is 2.62 bits per heavy atom. The number of amides is 1. The van der Waals surface area contributed by atoms with Gasteiger partial charge in [-0.2, -0.15) is 0 Å². The molecule has 0 aliphatic carbocycles. The van der Waals surface area contributed by atoms with Crippen LogP contribution in [-0.2, 0) is 11.2 Å². The standard InChI is InChI=1S/C12H15ClFNO/c1-12(2,11(16)15-3)7-8-4-5-10(14)9(13)6-8/h4-6H,7H2,1-3H3,(H,15,16). The molecule has 1 N–H and O–H groups in total. The molecule has 16 heavy (non-hydrogen) atoms. The average molecular weight is 244 g/mol. The van der Waals surface area contributed by atoms with Crippen LogP contribution in [0, 0.1) is 11.2 Å². The zero-order chi connectivity index (χ0) is 12.3. The van der Waals surface area contributed by atoms with Gasteiger partial charge in [0.25, 0.3) is 0 Å². The molecule has 0 fully saturated rings. The average Bonchev–Trinajstić information content (AvgIpc) is 2.22. The summed E-state index contributed by atoms with van der Waals surface area (Å²) in [5.41, 5.74) is 0.315. The van der Waals surface area contributed by atoms with E-state index in [-0.39, 0.29) is 10.9 Å². The van der Waals surface area contributed by atoms with Crippen molar-refractivity contribution in [1.82, 2.24) is 5.32 Å². The van der Waals surface area contributed by atoms with Crippen LogP contribution in [-0.4, -0.2) is 13.0 Å². The minimum atomic E-state index is -0.532. The van der Waals surface area contributed by atoms with Gasteiger partial charge >= 0.3 is 0 Å². The molecule has 0 bridgehead atoms. The molecule has 0 radical (unpaired) electrons. The van der Waals surface area contributed by atoms with E-state index < -0.39 is 11.2 Å². The Morgan fingerprint density at radius 1 is 1.50 bits per heavy atom. The van der Waals surface area contributed by atoms with Gasteiger partial charge in [0.2, 0.25) is 5.91 Å². The molecule has 4 heteroatoms. The van der Waals surface area contributed by atoms with Gasteiger partial charge in [0.1, 0.15) is 5.82 Å².